The first-order chi connectivity index (χ1) is 13.4. The Morgan fingerprint density at radius 3 is 2.39 bits per heavy atom. The second-order valence-corrected chi connectivity index (χ2v) is 6.53. The molecule has 0 spiro atoms. The third-order valence-corrected chi connectivity index (χ3v) is 4.48. The molecule has 3 aromatic rings. The molecule has 0 heterocycles. The predicted molar refractivity (Wildman–Crippen MR) is 98.4 cm³/mol. The summed E-state index contributed by atoms with van der Waals surface area (Å²) in [5.41, 5.74) is 0.553. The Kier molecular flexibility index (Phi) is 5.97. The molecule has 0 radical (unpaired) electrons. The molecular weight excluding hydrogens is 372 g/mol. The standard InChI is InChI=1S/C22H18F4O2/c1-2-3-4-5-13-6-8-17(18(23)10-13)22(27)28-15-7-9-16-14(11-15)12-19(24)21(26)20(16)25/h6-12H,2-5H2,1H3. The second kappa shape index (κ2) is 8.42. The summed E-state index contributed by atoms with van der Waals surface area (Å²) in [5.74, 6) is -5.90. The number of aryl methyl sites for hydroxylation is 1. The highest BCUT2D eigenvalue weighted by molar-refractivity contribution is 5.92. The molecule has 0 fully saturated rings. The van der Waals surface area contributed by atoms with Gasteiger partial charge in [-0.2, -0.15) is 0 Å². The fourth-order valence-electron chi connectivity index (χ4n) is 2.97. The van der Waals surface area contributed by atoms with E-state index in [1.54, 1.807) is 6.07 Å². The zero-order valence-corrected chi connectivity index (χ0v) is 15.2. The Bertz CT molecular complexity index is 1030. The zero-order chi connectivity index (χ0) is 20.3. The van der Waals surface area contributed by atoms with E-state index in [2.05, 4.69) is 6.92 Å². The van der Waals surface area contributed by atoms with Gasteiger partial charge in [-0.1, -0.05) is 25.8 Å². The maximum Gasteiger partial charge on any atom is 0.346 e. The molecule has 3 aromatic carbocycles. The summed E-state index contributed by atoms with van der Waals surface area (Å²) in [7, 11) is 0. The second-order valence-electron chi connectivity index (χ2n) is 6.53. The molecule has 0 aliphatic rings. The van der Waals surface area contributed by atoms with Crippen LogP contribution in [0.25, 0.3) is 10.8 Å². The van der Waals surface area contributed by atoms with Gasteiger partial charge in [-0.15, -0.1) is 0 Å². The number of carbonyl (C=O) groups excluding carboxylic acids is 1. The number of halogens is 4. The minimum atomic E-state index is -1.57. The smallest absolute Gasteiger partial charge is 0.346 e. The lowest BCUT2D eigenvalue weighted by Gasteiger charge is -2.09. The van der Waals surface area contributed by atoms with Gasteiger partial charge in [0.2, 0.25) is 0 Å². The molecule has 28 heavy (non-hydrogen) atoms. The highest BCUT2D eigenvalue weighted by atomic mass is 19.2. The molecule has 0 N–H and O–H groups in total. The van der Waals surface area contributed by atoms with E-state index in [0.717, 1.165) is 37.3 Å². The van der Waals surface area contributed by atoms with Gasteiger partial charge in [-0.3, -0.25) is 0 Å². The van der Waals surface area contributed by atoms with Crippen LogP contribution in [0.1, 0.15) is 42.1 Å². The lowest BCUT2D eigenvalue weighted by atomic mass is 10.0. The monoisotopic (exact) mass is 390 g/mol. The van der Waals surface area contributed by atoms with Gasteiger partial charge in [0.1, 0.15) is 11.6 Å². The van der Waals surface area contributed by atoms with Crippen LogP contribution < -0.4 is 4.74 Å². The maximum atomic E-state index is 14.3. The number of hydrogen-bond acceptors (Lipinski definition) is 2. The van der Waals surface area contributed by atoms with Crippen LogP contribution in [-0.4, -0.2) is 5.97 Å². The van der Waals surface area contributed by atoms with Gasteiger partial charge in [-0.05, 0) is 60.2 Å². The van der Waals surface area contributed by atoms with Gasteiger partial charge in [0.25, 0.3) is 0 Å². The molecule has 0 aliphatic carbocycles. The third kappa shape index (κ3) is 4.16. The third-order valence-electron chi connectivity index (χ3n) is 4.48. The summed E-state index contributed by atoms with van der Waals surface area (Å²) >= 11 is 0. The molecule has 0 aromatic heterocycles. The maximum absolute atomic E-state index is 14.3. The summed E-state index contributed by atoms with van der Waals surface area (Å²) in [6.07, 6.45) is 3.75. The van der Waals surface area contributed by atoms with Crippen molar-refractivity contribution in [1.29, 1.82) is 0 Å². The van der Waals surface area contributed by atoms with Crippen LogP contribution in [0.3, 0.4) is 0 Å². The van der Waals surface area contributed by atoms with Gasteiger partial charge in [0, 0.05) is 5.39 Å². The highest BCUT2D eigenvalue weighted by Gasteiger charge is 2.17. The van der Waals surface area contributed by atoms with Gasteiger partial charge >= 0.3 is 5.97 Å². The summed E-state index contributed by atoms with van der Waals surface area (Å²) in [6.45, 7) is 2.08. The molecule has 0 amide bonds. The lowest BCUT2D eigenvalue weighted by Crippen LogP contribution is -2.11. The minimum Gasteiger partial charge on any atom is -0.423 e. The first-order valence-corrected chi connectivity index (χ1v) is 8.98. The number of esters is 1. The van der Waals surface area contributed by atoms with E-state index in [4.69, 9.17) is 4.74 Å². The van der Waals surface area contributed by atoms with E-state index in [1.165, 1.54) is 30.3 Å². The van der Waals surface area contributed by atoms with E-state index in [9.17, 15) is 22.4 Å². The van der Waals surface area contributed by atoms with Crippen LogP contribution in [0, 0.1) is 23.3 Å². The number of carbonyl (C=O) groups is 1. The topological polar surface area (TPSA) is 26.3 Å². The van der Waals surface area contributed by atoms with E-state index < -0.39 is 29.2 Å². The van der Waals surface area contributed by atoms with Crippen LogP contribution >= 0.6 is 0 Å². The molecule has 0 aliphatic heterocycles. The van der Waals surface area contributed by atoms with Crippen LogP contribution in [0.2, 0.25) is 0 Å². The fraction of sp³-hybridized carbons (Fsp3) is 0.227. The molecule has 146 valence electrons. The van der Waals surface area contributed by atoms with Crippen molar-refractivity contribution in [1.82, 2.24) is 0 Å². The largest absolute Gasteiger partial charge is 0.423 e. The number of unbranched alkanes of at least 4 members (excludes halogenated alkanes) is 2. The number of hydrogen-bond donors (Lipinski definition) is 0. The number of ether oxygens (including phenoxy) is 1. The minimum absolute atomic E-state index is 0.0217. The first kappa shape index (κ1) is 19.9. The summed E-state index contributed by atoms with van der Waals surface area (Å²) in [4.78, 5) is 12.3. The van der Waals surface area contributed by atoms with Gasteiger partial charge in [-0.25, -0.2) is 22.4 Å². The number of rotatable bonds is 6. The summed E-state index contributed by atoms with van der Waals surface area (Å²) in [5, 5.41) is -0.130. The molecule has 0 saturated carbocycles. The predicted octanol–water partition coefficient (Wildman–Crippen LogP) is 6.35. The molecule has 0 bridgehead atoms. The Labute approximate surface area is 159 Å². The van der Waals surface area contributed by atoms with Crippen molar-refractivity contribution in [3.05, 3.63) is 76.9 Å². The van der Waals surface area contributed by atoms with Gasteiger partial charge in [0.05, 0.1) is 5.56 Å². The SMILES string of the molecule is CCCCCc1ccc(C(=O)Oc2ccc3c(F)c(F)c(F)cc3c2)c(F)c1. The fourth-order valence-corrected chi connectivity index (χ4v) is 2.97. The molecule has 6 heteroatoms. The zero-order valence-electron chi connectivity index (χ0n) is 15.2. The number of benzene rings is 3. The van der Waals surface area contributed by atoms with Crippen molar-refractivity contribution in [2.45, 2.75) is 32.6 Å². The van der Waals surface area contributed by atoms with Gasteiger partial charge < -0.3 is 4.74 Å². The molecule has 2 nitrogen and oxygen atoms in total. The molecular formula is C22H18F4O2. The highest BCUT2D eigenvalue weighted by Crippen LogP contribution is 2.27. The van der Waals surface area contributed by atoms with Crippen molar-refractivity contribution >= 4 is 16.7 Å². The van der Waals surface area contributed by atoms with Crippen molar-refractivity contribution in [3.63, 3.8) is 0 Å². The van der Waals surface area contributed by atoms with E-state index in [1.807, 2.05) is 0 Å². The molecule has 0 saturated heterocycles. The summed E-state index contributed by atoms with van der Waals surface area (Å²) in [6, 6.07) is 8.73. The average Bonchev–Trinajstić information content (AvgIpc) is 2.66. The van der Waals surface area contributed by atoms with Crippen molar-refractivity contribution in [2.24, 2.45) is 0 Å². The Morgan fingerprint density at radius 1 is 0.893 bits per heavy atom. The van der Waals surface area contributed by atoms with Gasteiger partial charge in [0.15, 0.2) is 17.5 Å². The van der Waals surface area contributed by atoms with Crippen molar-refractivity contribution in [3.8, 4) is 5.75 Å². The quantitative estimate of drug-likeness (QED) is 0.161. The first-order valence-electron chi connectivity index (χ1n) is 8.98. The van der Waals surface area contributed by atoms with Crippen LogP contribution in [0.4, 0.5) is 17.6 Å². The van der Waals surface area contributed by atoms with Crippen molar-refractivity contribution in [2.75, 3.05) is 0 Å². The number of fused-ring (bicyclic) bond motifs is 1. The molecule has 3 rings (SSSR count). The van der Waals surface area contributed by atoms with Crippen LogP contribution in [0.15, 0.2) is 42.5 Å². The molecule has 0 unspecified atom stereocenters. The average molecular weight is 390 g/mol. The Balaban J connectivity index is 1.80. The van der Waals surface area contributed by atoms with E-state index in [0.29, 0.717) is 0 Å². The van der Waals surface area contributed by atoms with Crippen molar-refractivity contribution < 1.29 is 27.1 Å². The lowest BCUT2D eigenvalue weighted by molar-refractivity contribution is 0.0730. The Hall–Kier alpha value is -2.89. The normalized spacial score (nSPS) is 11.0. The summed E-state index contributed by atoms with van der Waals surface area (Å²) < 4.78 is 59.8. The van der Waals surface area contributed by atoms with E-state index in [-0.39, 0.29) is 22.1 Å². The van der Waals surface area contributed by atoms with Crippen LogP contribution in [-0.2, 0) is 6.42 Å². The Morgan fingerprint density at radius 2 is 1.68 bits per heavy atom. The van der Waals surface area contributed by atoms with E-state index >= 15 is 0 Å². The molecule has 0 atom stereocenters. The van der Waals surface area contributed by atoms with Crippen LogP contribution in [0.5, 0.6) is 5.75 Å².